The maximum atomic E-state index is 13.4. The Hall–Kier alpha value is -3.80. The Morgan fingerprint density at radius 2 is 1.66 bits per heavy atom. The molecule has 0 bridgehead atoms. The fourth-order valence-corrected chi connectivity index (χ4v) is 4.02. The lowest BCUT2D eigenvalue weighted by Crippen LogP contribution is -2.20. The molecule has 0 aliphatic rings. The van der Waals surface area contributed by atoms with Crippen LogP contribution in [0, 0.1) is 0 Å². The van der Waals surface area contributed by atoms with Crippen molar-refractivity contribution < 1.29 is 22.3 Å². The van der Waals surface area contributed by atoms with Crippen LogP contribution in [0.25, 0.3) is 33.5 Å². The minimum atomic E-state index is -4.42. The van der Waals surface area contributed by atoms with E-state index in [4.69, 9.17) is 4.74 Å². The van der Waals surface area contributed by atoms with E-state index < -0.39 is 11.7 Å². The van der Waals surface area contributed by atoms with E-state index in [1.807, 2.05) is 82.8 Å². The van der Waals surface area contributed by atoms with Gasteiger partial charge in [-0.3, -0.25) is 0 Å². The maximum absolute atomic E-state index is 13.4. The van der Waals surface area contributed by atoms with E-state index >= 15 is 0 Å². The average Bonchev–Trinajstić information content (AvgIpc) is 3.19. The fraction of sp³-hybridized carbons (Fsp3) is 0.115. The Morgan fingerprint density at radius 1 is 0.875 bits per heavy atom. The van der Waals surface area contributed by atoms with Crippen molar-refractivity contribution in [3.8, 4) is 22.7 Å². The molecule has 32 heavy (non-hydrogen) atoms. The van der Waals surface area contributed by atoms with Gasteiger partial charge in [-0.25, -0.2) is 0 Å². The third-order valence-corrected chi connectivity index (χ3v) is 5.47. The van der Waals surface area contributed by atoms with Crippen molar-refractivity contribution in [2.24, 2.45) is 0 Å². The van der Waals surface area contributed by atoms with Crippen LogP contribution < -0.4 is 9.14 Å². The first-order valence-electron chi connectivity index (χ1n) is 10.3. The molecule has 2 aromatic heterocycles. The van der Waals surface area contributed by atoms with Crippen LogP contribution in [0.2, 0.25) is 0 Å². The molecule has 5 aromatic rings. The van der Waals surface area contributed by atoms with E-state index in [9.17, 15) is 13.2 Å². The van der Waals surface area contributed by atoms with E-state index in [1.54, 1.807) is 6.07 Å². The van der Waals surface area contributed by atoms with Gasteiger partial charge in [0.05, 0.1) is 12.2 Å². The van der Waals surface area contributed by atoms with Gasteiger partial charge in [0, 0.05) is 17.0 Å². The monoisotopic (exact) mass is 433 g/mol. The van der Waals surface area contributed by atoms with Crippen LogP contribution in [-0.2, 0) is 6.18 Å². The third-order valence-electron chi connectivity index (χ3n) is 5.47. The number of hydrogen-bond acceptors (Lipinski definition) is 1. The van der Waals surface area contributed by atoms with Crippen molar-refractivity contribution in [2.45, 2.75) is 13.1 Å². The van der Waals surface area contributed by atoms with Crippen molar-refractivity contribution in [1.29, 1.82) is 0 Å². The Kier molecular flexibility index (Phi) is 4.85. The van der Waals surface area contributed by atoms with Crippen LogP contribution in [0.1, 0.15) is 12.5 Å². The quantitative estimate of drug-likeness (QED) is 0.298. The van der Waals surface area contributed by atoms with Crippen LogP contribution in [0.5, 0.6) is 5.75 Å². The molecular weight excluding hydrogens is 413 g/mol. The molecule has 0 N–H and O–H groups in total. The number of ether oxygens (including phenoxy) is 1. The highest BCUT2D eigenvalue weighted by Crippen LogP contribution is 2.33. The summed E-state index contributed by atoms with van der Waals surface area (Å²) >= 11 is 0. The SMILES string of the molecule is CCOc1ccc(-c2c[n+]3c4ccccc4ccc3n2-c2cccc(C(F)(F)F)c2)cc1. The molecule has 3 aromatic carbocycles. The summed E-state index contributed by atoms with van der Waals surface area (Å²) in [6, 6.07) is 24.8. The lowest BCUT2D eigenvalue weighted by molar-refractivity contribution is -0.479. The largest absolute Gasteiger partial charge is 0.494 e. The van der Waals surface area contributed by atoms with Gasteiger partial charge in [-0.05, 0) is 61.5 Å². The van der Waals surface area contributed by atoms with Crippen molar-refractivity contribution in [2.75, 3.05) is 6.61 Å². The van der Waals surface area contributed by atoms with E-state index in [0.29, 0.717) is 12.3 Å². The molecule has 0 amide bonds. The van der Waals surface area contributed by atoms with Crippen molar-refractivity contribution >= 4 is 16.6 Å². The van der Waals surface area contributed by atoms with Gasteiger partial charge < -0.3 is 4.74 Å². The minimum absolute atomic E-state index is 0.446. The van der Waals surface area contributed by atoms with Gasteiger partial charge in [-0.15, -0.1) is 0 Å². The Balaban J connectivity index is 1.80. The van der Waals surface area contributed by atoms with Gasteiger partial charge in [-0.2, -0.15) is 22.1 Å². The predicted molar refractivity (Wildman–Crippen MR) is 118 cm³/mol. The molecule has 2 heterocycles. The summed E-state index contributed by atoms with van der Waals surface area (Å²) in [6.07, 6.45) is -2.45. The molecule has 6 heteroatoms. The number of rotatable bonds is 4. The smallest absolute Gasteiger partial charge is 0.416 e. The van der Waals surface area contributed by atoms with Crippen LogP contribution in [0.4, 0.5) is 13.2 Å². The number of aromatic nitrogens is 2. The van der Waals surface area contributed by atoms with Crippen molar-refractivity contribution in [3.63, 3.8) is 0 Å². The molecule has 0 atom stereocenters. The lowest BCUT2D eigenvalue weighted by Gasteiger charge is -2.09. The van der Waals surface area contributed by atoms with E-state index in [0.717, 1.165) is 39.6 Å². The molecule has 0 spiro atoms. The molecule has 0 saturated heterocycles. The number of halogens is 3. The molecule has 0 unspecified atom stereocenters. The standard InChI is InChI=1S/C26H20F3N2O/c1-2-32-22-13-10-19(11-14-22)24-17-30-23-9-4-3-6-18(23)12-15-25(30)31(24)21-8-5-7-20(16-21)26(27,28)29/h3-17H,2H2,1H3/q+1. The van der Waals surface area contributed by atoms with Crippen LogP contribution in [0.15, 0.2) is 91.1 Å². The normalized spacial score (nSPS) is 11.9. The fourth-order valence-electron chi connectivity index (χ4n) is 4.02. The van der Waals surface area contributed by atoms with Crippen LogP contribution in [-0.4, -0.2) is 11.2 Å². The molecule has 0 radical (unpaired) electrons. The zero-order valence-electron chi connectivity index (χ0n) is 17.3. The first-order chi connectivity index (χ1) is 15.5. The van der Waals surface area contributed by atoms with Gasteiger partial charge in [0.25, 0.3) is 5.65 Å². The number of imidazole rings is 1. The highest BCUT2D eigenvalue weighted by Gasteiger charge is 2.32. The summed E-state index contributed by atoms with van der Waals surface area (Å²) in [5, 5.41) is 1.05. The number of fused-ring (bicyclic) bond motifs is 3. The summed E-state index contributed by atoms with van der Waals surface area (Å²) in [7, 11) is 0. The molecule has 0 aliphatic carbocycles. The number of nitrogens with zero attached hydrogens (tertiary/aromatic N) is 2. The van der Waals surface area contributed by atoms with E-state index in [-0.39, 0.29) is 0 Å². The summed E-state index contributed by atoms with van der Waals surface area (Å²) in [4.78, 5) is 0. The predicted octanol–water partition coefficient (Wildman–Crippen LogP) is 6.45. The summed E-state index contributed by atoms with van der Waals surface area (Å²) in [5.74, 6) is 0.746. The average molecular weight is 433 g/mol. The molecule has 160 valence electrons. The number of para-hydroxylation sites is 1. The van der Waals surface area contributed by atoms with Gasteiger partial charge in [0.1, 0.15) is 23.2 Å². The summed E-state index contributed by atoms with van der Waals surface area (Å²) in [5.41, 5.74) is 3.17. The van der Waals surface area contributed by atoms with Gasteiger partial charge in [0.2, 0.25) is 0 Å². The molecule has 0 aliphatic heterocycles. The zero-order chi connectivity index (χ0) is 22.3. The molecule has 0 saturated carbocycles. The molecule has 5 rings (SSSR count). The molecule has 0 fully saturated rings. The first-order valence-corrected chi connectivity index (χ1v) is 10.3. The number of pyridine rings is 1. The van der Waals surface area contributed by atoms with Crippen LogP contribution >= 0.6 is 0 Å². The summed E-state index contributed by atoms with van der Waals surface area (Å²) < 4.78 is 49.7. The van der Waals surface area contributed by atoms with E-state index in [1.165, 1.54) is 12.1 Å². The topological polar surface area (TPSA) is 18.3 Å². The molecule has 3 nitrogen and oxygen atoms in total. The van der Waals surface area contributed by atoms with E-state index in [2.05, 4.69) is 0 Å². The zero-order valence-corrected chi connectivity index (χ0v) is 17.3. The minimum Gasteiger partial charge on any atom is -0.494 e. The van der Waals surface area contributed by atoms with Gasteiger partial charge in [-0.1, -0.05) is 24.3 Å². The Morgan fingerprint density at radius 3 is 2.41 bits per heavy atom. The number of hydrogen-bond donors (Lipinski definition) is 0. The summed E-state index contributed by atoms with van der Waals surface area (Å²) in [6.45, 7) is 2.48. The number of alkyl halides is 3. The number of benzene rings is 3. The highest BCUT2D eigenvalue weighted by molar-refractivity contribution is 5.78. The van der Waals surface area contributed by atoms with Gasteiger partial charge >= 0.3 is 6.18 Å². The second kappa shape index (κ2) is 7.71. The Bertz CT molecular complexity index is 1420. The lowest BCUT2D eigenvalue weighted by atomic mass is 10.1. The Labute approximate surface area is 182 Å². The second-order valence-electron chi connectivity index (χ2n) is 7.48. The molecular formula is C26H20F3N2O+. The maximum Gasteiger partial charge on any atom is 0.416 e. The first kappa shape index (κ1) is 20.1. The van der Waals surface area contributed by atoms with Crippen molar-refractivity contribution in [3.05, 3.63) is 96.7 Å². The third kappa shape index (κ3) is 3.47. The van der Waals surface area contributed by atoms with Gasteiger partial charge in [0.15, 0.2) is 5.69 Å². The van der Waals surface area contributed by atoms with Crippen LogP contribution in [0.3, 0.4) is 0 Å². The highest BCUT2D eigenvalue weighted by atomic mass is 19.4. The second-order valence-corrected chi connectivity index (χ2v) is 7.48. The van der Waals surface area contributed by atoms with Crippen molar-refractivity contribution in [1.82, 2.24) is 4.57 Å².